The Morgan fingerprint density at radius 2 is 1.83 bits per heavy atom. The van der Waals surface area contributed by atoms with Gasteiger partial charge < -0.3 is 18.9 Å². The average molecular weight is 397 g/mol. The summed E-state index contributed by atoms with van der Waals surface area (Å²) in [5, 5.41) is 10.5. The van der Waals surface area contributed by atoms with E-state index in [0.717, 1.165) is 0 Å². The van der Waals surface area contributed by atoms with Crippen molar-refractivity contribution < 1.29 is 27.1 Å². The lowest BCUT2D eigenvalue weighted by Gasteiger charge is -2.11. The number of para-hydroxylation sites is 1. The first-order chi connectivity index (χ1) is 14.1. The Hall–Kier alpha value is -4.01. The summed E-state index contributed by atoms with van der Waals surface area (Å²) >= 11 is 0. The molecule has 0 aliphatic rings. The van der Waals surface area contributed by atoms with E-state index >= 15 is 0 Å². The van der Waals surface area contributed by atoms with Gasteiger partial charge in [0.15, 0.2) is 5.76 Å². The summed E-state index contributed by atoms with van der Waals surface area (Å²) in [5.74, 6) is 0.0756. The molecule has 9 heteroatoms. The van der Waals surface area contributed by atoms with Crippen molar-refractivity contribution in [1.82, 2.24) is 10.2 Å². The molecule has 146 valence electrons. The Morgan fingerprint density at radius 3 is 2.62 bits per heavy atom. The molecule has 7 nitrogen and oxygen atoms in total. The van der Waals surface area contributed by atoms with E-state index in [-0.39, 0.29) is 23.1 Å². The maximum Gasteiger partial charge on any atom is 0.387 e. The standard InChI is InChI=1S/C20H13F2N3O4/c21-20(22)28-15-8-2-1-7-14(15)17(26)23-13-6-3-5-12(11-13)18-24-25-19(29-18)16-9-4-10-27-16/h1-11,20H,(H,23,26). The second-order valence-electron chi connectivity index (χ2n) is 5.80. The monoisotopic (exact) mass is 397 g/mol. The highest BCUT2D eigenvalue weighted by Crippen LogP contribution is 2.27. The second kappa shape index (κ2) is 7.93. The lowest BCUT2D eigenvalue weighted by molar-refractivity contribution is -0.0501. The summed E-state index contributed by atoms with van der Waals surface area (Å²) in [6, 6.07) is 15.8. The van der Waals surface area contributed by atoms with Gasteiger partial charge in [-0.15, -0.1) is 10.2 Å². The number of ether oxygens (including phenoxy) is 1. The number of halogens is 2. The van der Waals surface area contributed by atoms with Gasteiger partial charge in [0.2, 0.25) is 5.89 Å². The third-order valence-electron chi connectivity index (χ3n) is 3.87. The molecule has 0 saturated heterocycles. The van der Waals surface area contributed by atoms with Gasteiger partial charge in [0, 0.05) is 11.3 Å². The van der Waals surface area contributed by atoms with Crippen LogP contribution < -0.4 is 10.1 Å². The highest BCUT2D eigenvalue weighted by atomic mass is 19.3. The first-order valence-electron chi connectivity index (χ1n) is 8.43. The number of furan rings is 1. The molecule has 4 aromatic rings. The average Bonchev–Trinajstić information content (AvgIpc) is 3.40. The minimum atomic E-state index is -3.03. The highest BCUT2D eigenvalue weighted by molar-refractivity contribution is 6.06. The molecule has 29 heavy (non-hydrogen) atoms. The van der Waals surface area contributed by atoms with E-state index in [1.807, 2.05) is 0 Å². The number of rotatable bonds is 6. The van der Waals surface area contributed by atoms with Crippen LogP contribution in [0.15, 0.2) is 75.8 Å². The fraction of sp³-hybridized carbons (Fsp3) is 0.0500. The van der Waals surface area contributed by atoms with Crippen molar-refractivity contribution in [1.29, 1.82) is 0 Å². The van der Waals surface area contributed by atoms with Gasteiger partial charge in [0.05, 0.1) is 11.8 Å². The van der Waals surface area contributed by atoms with E-state index < -0.39 is 12.5 Å². The minimum Gasteiger partial charge on any atom is -0.459 e. The number of nitrogens with one attached hydrogen (secondary N) is 1. The van der Waals surface area contributed by atoms with Crippen LogP contribution in [0.25, 0.3) is 23.1 Å². The Morgan fingerprint density at radius 1 is 1.00 bits per heavy atom. The number of benzene rings is 2. The predicted molar refractivity (Wildman–Crippen MR) is 98.5 cm³/mol. The first-order valence-corrected chi connectivity index (χ1v) is 8.43. The second-order valence-corrected chi connectivity index (χ2v) is 5.80. The fourth-order valence-electron chi connectivity index (χ4n) is 2.62. The van der Waals surface area contributed by atoms with Gasteiger partial charge in [-0.3, -0.25) is 4.79 Å². The molecule has 1 amide bonds. The van der Waals surface area contributed by atoms with Gasteiger partial charge in [0.25, 0.3) is 11.8 Å². The minimum absolute atomic E-state index is 0.0175. The molecule has 4 rings (SSSR count). The third kappa shape index (κ3) is 4.13. The number of hydrogen-bond acceptors (Lipinski definition) is 6. The quantitative estimate of drug-likeness (QED) is 0.500. The summed E-state index contributed by atoms with van der Waals surface area (Å²) in [7, 11) is 0. The normalized spacial score (nSPS) is 10.9. The molecule has 0 saturated carbocycles. The summed E-state index contributed by atoms with van der Waals surface area (Å²) in [5.41, 5.74) is 0.957. The molecule has 0 spiro atoms. The van der Waals surface area contributed by atoms with Crippen molar-refractivity contribution in [2.24, 2.45) is 0 Å². The lowest BCUT2D eigenvalue weighted by atomic mass is 10.1. The van der Waals surface area contributed by atoms with Crippen LogP contribution in [0.2, 0.25) is 0 Å². The number of hydrogen-bond donors (Lipinski definition) is 1. The maximum atomic E-state index is 12.6. The zero-order valence-corrected chi connectivity index (χ0v) is 14.7. The number of amides is 1. The molecule has 0 aliphatic carbocycles. The van der Waals surface area contributed by atoms with Crippen LogP contribution in [-0.4, -0.2) is 22.7 Å². The molecular weight excluding hydrogens is 384 g/mol. The number of alkyl halides is 2. The first kappa shape index (κ1) is 18.4. The Kier molecular flexibility index (Phi) is 5.02. The van der Waals surface area contributed by atoms with E-state index in [4.69, 9.17) is 8.83 Å². The largest absolute Gasteiger partial charge is 0.459 e. The molecule has 0 radical (unpaired) electrons. The summed E-state index contributed by atoms with van der Waals surface area (Å²) in [6.07, 6.45) is 1.49. The zero-order valence-electron chi connectivity index (χ0n) is 14.7. The summed E-state index contributed by atoms with van der Waals surface area (Å²) in [6.45, 7) is -3.03. The van der Waals surface area contributed by atoms with Crippen molar-refractivity contribution in [2.45, 2.75) is 6.61 Å². The van der Waals surface area contributed by atoms with Crippen LogP contribution >= 0.6 is 0 Å². The van der Waals surface area contributed by atoms with Crippen molar-refractivity contribution in [3.63, 3.8) is 0 Å². The van der Waals surface area contributed by atoms with E-state index in [2.05, 4.69) is 20.3 Å². The van der Waals surface area contributed by atoms with Gasteiger partial charge in [-0.05, 0) is 42.5 Å². The molecule has 1 N–H and O–H groups in total. The molecule has 0 atom stereocenters. The predicted octanol–water partition coefficient (Wildman–Crippen LogP) is 4.85. The molecule has 0 fully saturated rings. The number of carbonyl (C=O) groups is 1. The van der Waals surface area contributed by atoms with Crippen LogP contribution in [-0.2, 0) is 0 Å². The van der Waals surface area contributed by atoms with Gasteiger partial charge in [-0.1, -0.05) is 18.2 Å². The highest BCUT2D eigenvalue weighted by Gasteiger charge is 2.17. The number of anilines is 1. The Labute approximate surface area is 162 Å². The zero-order chi connectivity index (χ0) is 20.2. The third-order valence-corrected chi connectivity index (χ3v) is 3.87. The molecule has 0 aliphatic heterocycles. The maximum absolute atomic E-state index is 12.6. The molecular formula is C20H13F2N3O4. The molecule has 2 aromatic heterocycles. The van der Waals surface area contributed by atoms with E-state index in [0.29, 0.717) is 17.0 Å². The molecule has 2 aromatic carbocycles. The van der Waals surface area contributed by atoms with Crippen molar-refractivity contribution >= 4 is 11.6 Å². The number of aromatic nitrogens is 2. The lowest BCUT2D eigenvalue weighted by Crippen LogP contribution is -2.15. The summed E-state index contributed by atoms with van der Waals surface area (Å²) < 4.78 is 40.3. The van der Waals surface area contributed by atoms with Crippen molar-refractivity contribution in [2.75, 3.05) is 5.32 Å². The molecule has 0 unspecified atom stereocenters. The van der Waals surface area contributed by atoms with Gasteiger partial charge >= 0.3 is 6.61 Å². The smallest absolute Gasteiger partial charge is 0.387 e. The van der Waals surface area contributed by atoms with E-state index in [1.165, 1.54) is 24.5 Å². The van der Waals surface area contributed by atoms with Crippen LogP contribution in [0.4, 0.5) is 14.5 Å². The SMILES string of the molecule is O=C(Nc1cccc(-c2nnc(-c3ccco3)o2)c1)c1ccccc1OC(F)F. The fourth-order valence-corrected chi connectivity index (χ4v) is 2.62. The number of nitrogens with zero attached hydrogens (tertiary/aromatic N) is 2. The van der Waals surface area contributed by atoms with Gasteiger partial charge in [-0.25, -0.2) is 0 Å². The Bertz CT molecular complexity index is 1130. The van der Waals surface area contributed by atoms with Crippen LogP contribution in [0.1, 0.15) is 10.4 Å². The van der Waals surface area contributed by atoms with Crippen molar-refractivity contribution in [3.8, 4) is 28.9 Å². The van der Waals surface area contributed by atoms with Gasteiger partial charge in [0.1, 0.15) is 5.75 Å². The van der Waals surface area contributed by atoms with E-state index in [9.17, 15) is 13.6 Å². The van der Waals surface area contributed by atoms with Crippen LogP contribution in [0.5, 0.6) is 5.75 Å². The van der Waals surface area contributed by atoms with Crippen molar-refractivity contribution in [3.05, 3.63) is 72.5 Å². The molecule has 2 heterocycles. The van der Waals surface area contributed by atoms with Gasteiger partial charge in [-0.2, -0.15) is 8.78 Å². The molecule has 0 bridgehead atoms. The van der Waals surface area contributed by atoms with Crippen LogP contribution in [0.3, 0.4) is 0 Å². The topological polar surface area (TPSA) is 90.4 Å². The summed E-state index contributed by atoms with van der Waals surface area (Å²) in [4.78, 5) is 12.5. The van der Waals surface area contributed by atoms with E-state index in [1.54, 1.807) is 42.5 Å². The Balaban J connectivity index is 1.55. The number of carbonyl (C=O) groups excluding carboxylic acids is 1. The van der Waals surface area contributed by atoms with Crippen LogP contribution in [0, 0.1) is 0 Å².